The van der Waals surface area contributed by atoms with Gasteiger partial charge < -0.3 is 10.2 Å². The van der Waals surface area contributed by atoms with Crippen LogP contribution in [0.4, 0.5) is 5.69 Å². The van der Waals surface area contributed by atoms with Gasteiger partial charge in [0.2, 0.25) is 11.8 Å². The summed E-state index contributed by atoms with van der Waals surface area (Å²) in [5.74, 6) is -0.776. The number of sulfonamides is 1. The molecule has 7 nitrogen and oxygen atoms in total. The van der Waals surface area contributed by atoms with Crippen molar-refractivity contribution in [3.8, 4) is 0 Å². The second-order valence-electron chi connectivity index (χ2n) is 10.2. The van der Waals surface area contributed by atoms with Gasteiger partial charge >= 0.3 is 0 Å². The Balaban J connectivity index is 1.79. The first kappa shape index (κ1) is 30.5. The van der Waals surface area contributed by atoms with Crippen molar-refractivity contribution >= 4 is 27.5 Å². The van der Waals surface area contributed by atoms with E-state index in [1.165, 1.54) is 17.0 Å². The second kappa shape index (κ2) is 14.0. The molecule has 0 fully saturated rings. The standard InChI is InChI=1S/C34H37N3O4S/c1-4-35-34(39)32(23-28-14-7-5-8-15-28)36(24-29-16-12-11-13-27(29)3)33(38)25-37(30-21-19-26(2)20-22-30)42(40,41)31-17-9-6-10-18-31/h5-22,32H,4,23-25H2,1-3H3,(H,35,39)/t32-/m0/s1. The van der Waals surface area contributed by atoms with E-state index in [4.69, 9.17) is 0 Å². The number of aryl methyl sites for hydroxylation is 2. The molecule has 2 amide bonds. The van der Waals surface area contributed by atoms with Gasteiger partial charge in [0.15, 0.2) is 0 Å². The highest BCUT2D eigenvalue weighted by Crippen LogP contribution is 2.25. The minimum Gasteiger partial charge on any atom is -0.355 e. The average Bonchev–Trinajstić information content (AvgIpc) is 3.00. The number of amides is 2. The normalized spacial score (nSPS) is 11.9. The zero-order chi connectivity index (χ0) is 30.1. The molecule has 42 heavy (non-hydrogen) atoms. The minimum atomic E-state index is -4.11. The van der Waals surface area contributed by atoms with Gasteiger partial charge in [-0.15, -0.1) is 0 Å². The predicted molar refractivity (Wildman–Crippen MR) is 166 cm³/mol. The topological polar surface area (TPSA) is 86.8 Å². The summed E-state index contributed by atoms with van der Waals surface area (Å²) in [5.41, 5.74) is 4.07. The van der Waals surface area contributed by atoms with Crippen LogP contribution in [0.25, 0.3) is 0 Å². The van der Waals surface area contributed by atoms with Crippen molar-refractivity contribution in [2.45, 2.75) is 44.7 Å². The highest BCUT2D eigenvalue weighted by atomic mass is 32.2. The number of nitrogens with zero attached hydrogens (tertiary/aromatic N) is 2. The third-order valence-electron chi connectivity index (χ3n) is 7.16. The van der Waals surface area contributed by atoms with Crippen molar-refractivity contribution in [1.29, 1.82) is 0 Å². The Labute approximate surface area is 248 Å². The van der Waals surface area contributed by atoms with Crippen molar-refractivity contribution in [1.82, 2.24) is 10.2 Å². The minimum absolute atomic E-state index is 0.0772. The van der Waals surface area contributed by atoms with Crippen LogP contribution in [0, 0.1) is 13.8 Å². The van der Waals surface area contributed by atoms with Crippen LogP contribution in [0.2, 0.25) is 0 Å². The van der Waals surface area contributed by atoms with Crippen LogP contribution >= 0.6 is 0 Å². The van der Waals surface area contributed by atoms with Crippen LogP contribution in [-0.2, 0) is 32.6 Å². The summed E-state index contributed by atoms with van der Waals surface area (Å²) in [6.07, 6.45) is 0.278. The van der Waals surface area contributed by atoms with E-state index in [2.05, 4.69) is 5.32 Å². The summed E-state index contributed by atoms with van der Waals surface area (Å²) in [6, 6.07) is 31.4. The molecule has 0 aromatic heterocycles. The van der Waals surface area contributed by atoms with Crippen LogP contribution in [0.1, 0.15) is 29.2 Å². The van der Waals surface area contributed by atoms with Crippen LogP contribution in [-0.4, -0.2) is 44.3 Å². The molecule has 0 bridgehead atoms. The summed E-state index contributed by atoms with van der Waals surface area (Å²) in [5, 5.41) is 2.88. The zero-order valence-corrected chi connectivity index (χ0v) is 25.1. The number of benzene rings is 4. The van der Waals surface area contributed by atoms with Crippen molar-refractivity contribution in [3.05, 3.63) is 131 Å². The number of hydrogen-bond donors (Lipinski definition) is 1. The van der Waals surface area contributed by atoms with Crippen molar-refractivity contribution in [2.24, 2.45) is 0 Å². The number of likely N-dealkylation sites (N-methyl/N-ethyl adjacent to an activating group) is 1. The van der Waals surface area contributed by atoms with E-state index in [-0.39, 0.29) is 23.8 Å². The molecule has 1 N–H and O–H groups in total. The van der Waals surface area contributed by atoms with E-state index in [0.29, 0.717) is 12.2 Å². The van der Waals surface area contributed by atoms with E-state index < -0.39 is 28.5 Å². The van der Waals surface area contributed by atoms with Gasteiger partial charge in [-0.1, -0.05) is 90.5 Å². The fraction of sp³-hybridized carbons (Fsp3) is 0.235. The fourth-order valence-electron chi connectivity index (χ4n) is 4.78. The number of anilines is 1. The molecule has 0 saturated carbocycles. The first-order valence-corrected chi connectivity index (χ1v) is 15.4. The van der Waals surface area contributed by atoms with Gasteiger partial charge in [0, 0.05) is 19.5 Å². The van der Waals surface area contributed by atoms with Gasteiger partial charge in [0.25, 0.3) is 10.0 Å². The van der Waals surface area contributed by atoms with Gasteiger partial charge in [-0.05, 0) is 61.7 Å². The molecule has 4 aromatic carbocycles. The SMILES string of the molecule is CCNC(=O)[C@H](Cc1ccccc1)N(Cc1ccccc1C)C(=O)CN(c1ccc(C)cc1)S(=O)(=O)c1ccccc1. The molecule has 0 unspecified atom stereocenters. The van der Waals surface area contributed by atoms with Gasteiger partial charge in [-0.3, -0.25) is 13.9 Å². The molecule has 0 spiro atoms. The molecule has 4 rings (SSSR count). The van der Waals surface area contributed by atoms with E-state index in [1.807, 2.05) is 87.5 Å². The maximum Gasteiger partial charge on any atom is 0.264 e. The monoisotopic (exact) mass is 583 g/mol. The second-order valence-corrected chi connectivity index (χ2v) is 12.1. The Morgan fingerprint density at radius 3 is 2.00 bits per heavy atom. The molecule has 218 valence electrons. The van der Waals surface area contributed by atoms with Gasteiger partial charge in [-0.2, -0.15) is 0 Å². The Kier molecular flexibility index (Phi) is 10.1. The molecular weight excluding hydrogens is 546 g/mol. The number of carbonyl (C=O) groups is 2. The van der Waals surface area contributed by atoms with E-state index in [9.17, 15) is 18.0 Å². The number of carbonyl (C=O) groups excluding carboxylic acids is 2. The molecule has 0 aliphatic heterocycles. The Bertz CT molecular complexity index is 1590. The Morgan fingerprint density at radius 1 is 0.786 bits per heavy atom. The molecule has 0 radical (unpaired) electrons. The largest absolute Gasteiger partial charge is 0.355 e. The maximum absolute atomic E-state index is 14.4. The maximum atomic E-state index is 14.4. The fourth-order valence-corrected chi connectivity index (χ4v) is 6.21. The lowest BCUT2D eigenvalue weighted by atomic mass is 10.0. The van der Waals surface area contributed by atoms with E-state index >= 15 is 0 Å². The summed E-state index contributed by atoms with van der Waals surface area (Å²) >= 11 is 0. The van der Waals surface area contributed by atoms with Gasteiger partial charge in [0.1, 0.15) is 12.6 Å². The summed E-state index contributed by atoms with van der Waals surface area (Å²) in [4.78, 5) is 29.5. The smallest absolute Gasteiger partial charge is 0.264 e. The summed E-state index contributed by atoms with van der Waals surface area (Å²) < 4.78 is 29.1. The molecule has 0 aliphatic carbocycles. The highest BCUT2D eigenvalue weighted by Gasteiger charge is 2.34. The Hall–Kier alpha value is -4.43. The third kappa shape index (κ3) is 7.44. The lowest BCUT2D eigenvalue weighted by Crippen LogP contribution is -2.53. The first-order valence-electron chi connectivity index (χ1n) is 14.0. The molecule has 4 aromatic rings. The quantitative estimate of drug-likeness (QED) is 0.246. The van der Waals surface area contributed by atoms with Crippen molar-refractivity contribution in [3.63, 3.8) is 0 Å². The number of rotatable bonds is 12. The van der Waals surface area contributed by atoms with Gasteiger partial charge in [-0.25, -0.2) is 8.42 Å². The summed E-state index contributed by atoms with van der Waals surface area (Å²) in [6.45, 7) is 5.76. The lowest BCUT2D eigenvalue weighted by molar-refractivity contribution is -0.140. The van der Waals surface area contributed by atoms with Gasteiger partial charge in [0.05, 0.1) is 10.6 Å². The third-order valence-corrected chi connectivity index (χ3v) is 8.94. The molecule has 0 saturated heterocycles. The molecule has 0 heterocycles. The zero-order valence-electron chi connectivity index (χ0n) is 24.2. The predicted octanol–water partition coefficient (Wildman–Crippen LogP) is 5.27. The molecule has 1 atom stereocenters. The first-order chi connectivity index (χ1) is 20.2. The Morgan fingerprint density at radius 2 is 1.38 bits per heavy atom. The molecule has 8 heteroatoms. The molecule has 0 aliphatic rings. The molecular formula is C34H37N3O4S. The lowest BCUT2D eigenvalue weighted by Gasteiger charge is -2.34. The number of hydrogen-bond acceptors (Lipinski definition) is 4. The summed E-state index contributed by atoms with van der Waals surface area (Å²) in [7, 11) is -4.11. The highest BCUT2D eigenvalue weighted by molar-refractivity contribution is 7.92. The average molecular weight is 584 g/mol. The van der Waals surface area contributed by atoms with Crippen LogP contribution in [0.5, 0.6) is 0 Å². The van der Waals surface area contributed by atoms with Crippen LogP contribution in [0.15, 0.2) is 114 Å². The van der Waals surface area contributed by atoms with Crippen LogP contribution in [0.3, 0.4) is 0 Å². The van der Waals surface area contributed by atoms with Crippen molar-refractivity contribution < 1.29 is 18.0 Å². The van der Waals surface area contributed by atoms with Crippen LogP contribution < -0.4 is 9.62 Å². The van der Waals surface area contributed by atoms with E-state index in [0.717, 1.165) is 26.6 Å². The van der Waals surface area contributed by atoms with E-state index in [1.54, 1.807) is 30.3 Å². The van der Waals surface area contributed by atoms with Crippen molar-refractivity contribution in [2.75, 3.05) is 17.4 Å². The number of nitrogens with one attached hydrogen (secondary N) is 1.